The van der Waals surface area contributed by atoms with Gasteiger partial charge in [-0.2, -0.15) is 5.10 Å². The molecule has 0 aliphatic carbocycles. The number of hydrazone groups is 1. The van der Waals surface area contributed by atoms with Crippen LogP contribution < -0.4 is 20.6 Å². The van der Waals surface area contributed by atoms with E-state index in [1.165, 1.54) is 11.8 Å². The molecular formula is C20H23Cl2N3O3. The molecule has 2 aromatic rings. The Balaban J connectivity index is 1.89. The van der Waals surface area contributed by atoms with Gasteiger partial charge in [-0.15, -0.1) is 0 Å². The minimum absolute atomic E-state index is 0.0991. The van der Waals surface area contributed by atoms with Crippen LogP contribution in [0.15, 0.2) is 41.5 Å². The molecule has 0 aliphatic rings. The summed E-state index contributed by atoms with van der Waals surface area (Å²) in [6.45, 7) is 7.10. The van der Waals surface area contributed by atoms with E-state index in [4.69, 9.17) is 38.4 Å². The molecule has 2 aromatic carbocycles. The molecule has 8 heteroatoms. The van der Waals surface area contributed by atoms with Gasteiger partial charge in [0.25, 0.3) is 0 Å². The number of primary amides is 1. The number of ether oxygens (including phenoxy) is 2. The SMILES string of the molecule is CC(C)(C)c1ccc(OCCOc2c(Cl)cc(C=NNC(N)=O)cc2Cl)cc1. The minimum Gasteiger partial charge on any atom is -0.490 e. The number of carbonyl (C=O) groups is 1. The Morgan fingerprint density at radius 2 is 1.68 bits per heavy atom. The molecule has 0 aromatic heterocycles. The number of urea groups is 1. The highest BCUT2D eigenvalue weighted by Gasteiger charge is 2.13. The molecule has 150 valence electrons. The number of nitrogens with two attached hydrogens (primary N) is 1. The van der Waals surface area contributed by atoms with Crippen LogP contribution >= 0.6 is 23.2 Å². The topological polar surface area (TPSA) is 85.9 Å². The monoisotopic (exact) mass is 423 g/mol. The summed E-state index contributed by atoms with van der Waals surface area (Å²) in [6.07, 6.45) is 1.37. The normalized spacial score (nSPS) is 11.5. The second-order valence-electron chi connectivity index (χ2n) is 7.02. The molecule has 0 saturated carbocycles. The van der Waals surface area contributed by atoms with Crippen LogP contribution in [0.1, 0.15) is 31.9 Å². The van der Waals surface area contributed by atoms with E-state index >= 15 is 0 Å². The Hall–Kier alpha value is -2.44. The molecule has 0 spiro atoms. The van der Waals surface area contributed by atoms with Gasteiger partial charge in [0.15, 0.2) is 5.75 Å². The smallest absolute Gasteiger partial charge is 0.332 e. The third kappa shape index (κ3) is 6.62. The lowest BCUT2D eigenvalue weighted by molar-refractivity contribution is 0.217. The molecule has 0 fully saturated rings. The summed E-state index contributed by atoms with van der Waals surface area (Å²) >= 11 is 12.4. The molecule has 0 atom stereocenters. The average molecular weight is 424 g/mol. The first kappa shape index (κ1) is 21.9. The van der Waals surface area contributed by atoms with Crippen LogP contribution in [-0.2, 0) is 5.41 Å². The predicted molar refractivity (Wildman–Crippen MR) is 113 cm³/mol. The van der Waals surface area contributed by atoms with E-state index in [1.54, 1.807) is 12.1 Å². The Bertz CT molecular complexity index is 824. The van der Waals surface area contributed by atoms with Crippen molar-refractivity contribution in [1.29, 1.82) is 0 Å². The van der Waals surface area contributed by atoms with Gasteiger partial charge < -0.3 is 15.2 Å². The van der Waals surface area contributed by atoms with E-state index in [2.05, 4.69) is 43.4 Å². The third-order valence-corrected chi connectivity index (χ3v) is 4.29. The summed E-state index contributed by atoms with van der Waals surface area (Å²) in [5.74, 6) is 1.12. The van der Waals surface area contributed by atoms with Crippen molar-refractivity contribution in [2.75, 3.05) is 13.2 Å². The molecule has 0 saturated heterocycles. The number of hydrogen-bond donors (Lipinski definition) is 2. The van der Waals surface area contributed by atoms with Gasteiger partial charge >= 0.3 is 6.03 Å². The molecule has 0 aliphatic heterocycles. The highest BCUT2D eigenvalue weighted by molar-refractivity contribution is 6.37. The van der Waals surface area contributed by atoms with Crippen LogP contribution in [0, 0.1) is 0 Å². The summed E-state index contributed by atoms with van der Waals surface area (Å²) in [6, 6.07) is 10.4. The Kier molecular flexibility index (Phi) is 7.54. The molecule has 3 N–H and O–H groups in total. The number of halogens is 2. The number of carbonyl (C=O) groups excluding carboxylic acids is 1. The van der Waals surface area contributed by atoms with Crippen molar-refractivity contribution >= 4 is 35.4 Å². The van der Waals surface area contributed by atoms with Crippen molar-refractivity contribution < 1.29 is 14.3 Å². The molecule has 0 heterocycles. The zero-order valence-electron chi connectivity index (χ0n) is 16.0. The fourth-order valence-electron chi connectivity index (χ4n) is 2.32. The van der Waals surface area contributed by atoms with Crippen LogP contribution in [0.4, 0.5) is 4.79 Å². The maximum Gasteiger partial charge on any atom is 0.332 e. The van der Waals surface area contributed by atoms with E-state index in [0.29, 0.717) is 28.0 Å². The number of rotatable bonds is 7. The lowest BCUT2D eigenvalue weighted by Gasteiger charge is -2.19. The Morgan fingerprint density at radius 3 is 2.21 bits per heavy atom. The van der Waals surface area contributed by atoms with E-state index in [9.17, 15) is 4.79 Å². The molecule has 28 heavy (non-hydrogen) atoms. The van der Waals surface area contributed by atoms with Crippen LogP contribution in [-0.4, -0.2) is 25.5 Å². The van der Waals surface area contributed by atoms with Gasteiger partial charge in [-0.05, 0) is 40.8 Å². The van der Waals surface area contributed by atoms with Crippen LogP contribution in [0.25, 0.3) is 0 Å². The first-order valence-corrected chi connectivity index (χ1v) is 9.36. The molecular weight excluding hydrogens is 401 g/mol. The van der Waals surface area contributed by atoms with Crippen molar-refractivity contribution in [3.63, 3.8) is 0 Å². The van der Waals surface area contributed by atoms with Gasteiger partial charge in [-0.25, -0.2) is 10.2 Å². The summed E-state index contributed by atoms with van der Waals surface area (Å²) in [7, 11) is 0. The maximum absolute atomic E-state index is 10.6. The highest BCUT2D eigenvalue weighted by Crippen LogP contribution is 2.33. The maximum atomic E-state index is 10.6. The van der Waals surface area contributed by atoms with Gasteiger partial charge in [0.05, 0.1) is 16.3 Å². The summed E-state index contributed by atoms with van der Waals surface area (Å²) in [5, 5.41) is 4.30. The lowest BCUT2D eigenvalue weighted by Crippen LogP contribution is -2.24. The molecule has 0 unspecified atom stereocenters. The second-order valence-corrected chi connectivity index (χ2v) is 7.83. The van der Waals surface area contributed by atoms with Gasteiger partial charge in [0.1, 0.15) is 19.0 Å². The van der Waals surface area contributed by atoms with E-state index in [1.807, 2.05) is 12.1 Å². The molecule has 0 bridgehead atoms. The van der Waals surface area contributed by atoms with Gasteiger partial charge in [0.2, 0.25) is 0 Å². The number of nitrogens with zero attached hydrogens (tertiary/aromatic N) is 1. The molecule has 0 radical (unpaired) electrons. The quantitative estimate of drug-likeness (QED) is 0.382. The van der Waals surface area contributed by atoms with Crippen molar-refractivity contribution in [2.45, 2.75) is 26.2 Å². The second kappa shape index (κ2) is 9.66. The summed E-state index contributed by atoms with van der Waals surface area (Å²) in [5.41, 5.74) is 8.95. The van der Waals surface area contributed by atoms with Crippen LogP contribution in [0.3, 0.4) is 0 Å². The third-order valence-electron chi connectivity index (χ3n) is 3.73. The predicted octanol–water partition coefficient (Wildman–Crippen LogP) is 4.75. The summed E-state index contributed by atoms with van der Waals surface area (Å²) < 4.78 is 11.3. The van der Waals surface area contributed by atoms with Crippen molar-refractivity contribution in [1.82, 2.24) is 5.43 Å². The van der Waals surface area contributed by atoms with Crippen molar-refractivity contribution in [3.8, 4) is 11.5 Å². The first-order valence-electron chi connectivity index (χ1n) is 8.60. The highest BCUT2D eigenvalue weighted by atomic mass is 35.5. The fourth-order valence-corrected chi connectivity index (χ4v) is 2.93. The minimum atomic E-state index is -0.763. The van der Waals surface area contributed by atoms with Crippen LogP contribution in [0.2, 0.25) is 10.0 Å². The zero-order valence-corrected chi connectivity index (χ0v) is 17.5. The van der Waals surface area contributed by atoms with E-state index < -0.39 is 6.03 Å². The first-order chi connectivity index (χ1) is 13.2. The zero-order chi connectivity index (χ0) is 20.7. The van der Waals surface area contributed by atoms with Gasteiger partial charge in [0, 0.05) is 0 Å². The molecule has 2 rings (SSSR count). The number of nitrogens with one attached hydrogen (secondary N) is 1. The standard InChI is InChI=1S/C20H23Cl2N3O3/c1-20(2,3)14-4-6-15(7-5-14)27-8-9-28-18-16(21)10-13(11-17(18)22)12-24-25-19(23)26/h4-7,10-12H,8-9H2,1-3H3,(H3,23,25,26). The summed E-state index contributed by atoms with van der Waals surface area (Å²) in [4.78, 5) is 10.6. The molecule has 6 nitrogen and oxygen atoms in total. The number of hydrogen-bond acceptors (Lipinski definition) is 4. The van der Waals surface area contributed by atoms with Crippen molar-refractivity contribution in [2.24, 2.45) is 10.8 Å². The fraction of sp³-hybridized carbons (Fsp3) is 0.300. The Morgan fingerprint density at radius 1 is 1.11 bits per heavy atom. The number of amides is 2. The van der Waals surface area contributed by atoms with E-state index in [0.717, 1.165) is 5.75 Å². The lowest BCUT2D eigenvalue weighted by atomic mass is 9.87. The average Bonchev–Trinajstić information content (AvgIpc) is 2.60. The van der Waals surface area contributed by atoms with Gasteiger partial charge in [-0.3, -0.25) is 0 Å². The number of benzene rings is 2. The van der Waals surface area contributed by atoms with Crippen molar-refractivity contribution in [3.05, 3.63) is 57.6 Å². The van der Waals surface area contributed by atoms with Gasteiger partial charge in [-0.1, -0.05) is 56.1 Å². The Labute approximate surface area is 174 Å². The van der Waals surface area contributed by atoms with E-state index in [-0.39, 0.29) is 12.0 Å². The molecule has 2 amide bonds. The van der Waals surface area contributed by atoms with Crippen LogP contribution in [0.5, 0.6) is 11.5 Å². The largest absolute Gasteiger partial charge is 0.490 e.